The zero-order valence-corrected chi connectivity index (χ0v) is 19.3. The van der Waals surface area contributed by atoms with Gasteiger partial charge in [0, 0.05) is 31.3 Å². The molecule has 1 saturated heterocycles. The van der Waals surface area contributed by atoms with E-state index in [-0.39, 0.29) is 37.8 Å². The van der Waals surface area contributed by atoms with Crippen LogP contribution in [0.4, 0.5) is 4.79 Å². The molecule has 2 aromatic carbocycles. The number of amides is 2. The molecule has 8 heteroatoms. The minimum atomic E-state index is -1.14. The van der Waals surface area contributed by atoms with Gasteiger partial charge in [-0.05, 0) is 28.2 Å². The van der Waals surface area contributed by atoms with Crippen molar-refractivity contribution < 1.29 is 29.3 Å². The van der Waals surface area contributed by atoms with Crippen molar-refractivity contribution in [3.8, 4) is 11.1 Å². The number of carbonyl (C=O) groups excluding carboxylic acids is 2. The van der Waals surface area contributed by atoms with E-state index in [1.807, 2.05) is 50.2 Å². The van der Waals surface area contributed by atoms with Gasteiger partial charge >= 0.3 is 12.1 Å². The highest BCUT2D eigenvalue weighted by Crippen LogP contribution is 2.44. The van der Waals surface area contributed by atoms with Crippen molar-refractivity contribution in [2.45, 2.75) is 50.8 Å². The topological polar surface area (TPSA) is 116 Å². The van der Waals surface area contributed by atoms with Gasteiger partial charge in [-0.15, -0.1) is 0 Å². The molecule has 3 atom stereocenters. The van der Waals surface area contributed by atoms with E-state index in [1.54, 1.807) is 0 Å². The Balaban J connectivity index is 1.39. The van der Waals surface area contributed by atoms with Gasteiger partial charge in [0.25, 0.3) is 0 Å². The fraction of sp³-hybridized carbons (Fsp3) is 0.423. The second kappa shape index (κ2) is 9.85. The second-order valence-corrected chi connectivity index (χ2v) is 9.31. The SMILES string of the molecule is CC(C)C(CC(=O)N1C[C@H](O)C[C@H]1C(=O)O)NC(=O)OCC1c2ccccc2-c2ccccc21. The summed E-state index contributed by atoms with van der Waals surface area (Å²) in [6.45, 7) is 3.88. The van der Waals surface area contributed by atoms with Gasteiger partial charge in [0.1, 0.15) is 12.6 Å². The Kier molecular flexibility index (Phi) is 6.88. The van der Waals surface area contributed by atoms with Crippen LogP contribution in [0.1, 0.15) is 43.7 Å². The van der Waals surface area contributed by atoms with Crippen LogP contribution in [-0.2, 0) is 14.3 Å². The number of aliphatic carboxylic acids is 1. The number of hydrogen-bond acceptors (Lipinski definition) is 5. The number of benzene rings is 2. The molecule has 0 saturated carbocycles. The predicted molar refractivity (Wildman–Crippen MR) is 125 cm³/mol. The zero-order chi connectivity index (χ0) is 24.4. The molecular formula is C26H30N2O6. The van der Waals surface area contributed by atoms with E-state index in [4.69, 9.17) is 4.74 Å². The van der Waals surface area contributed by atoms with Crippen LogP contribution in [0.25, 0.3) is 11.1 Å². The molecule has 2 aliphatic rings. The van der Waals surface area contributed by atoms with Crippen molar-refractivity contribution in [3.63, 3.8) is 0 Å². The first kappa shape index (κ1) is 23.8. The summed E-state index contributed by atoms with van der Waals surface area (Å²) in [6.07, 6.45) is -1.55. The maximum absolute atomic E-state index is 12.8. The number of nitrogens with zero attached hydrogens (tertiary/aromatic N) is 1. The lowest BCUT2D eigenvalue weighted by molar-refractivity contribution is -0.148. The Hall–Kier alpha value is -3.39. The van der Waals surface area contributed by atoms with Crippen LogP contribution < -0.4 is 5.32 Å². The number of nitrogens with one attached hydrogen (secondary N) is 1. The van der Waals surface area contributed by atoms with E-state index >= 15 is 0 Å². The summed E-state index contributed by atoms with van der Waals surface area (Å²) >= 11 is 0. The molecular weight excluding hydrogens is 436 g/mol. The van der Waals surface area contributed by atoms with E-state index in [9.17, 15) is 24.6 Å². The molecule has 0 spiro atoms. The molecule has 8 nitrogen and oxygen atoms in total. The zero-order valence-electron chi connectivity index (χ0n) is 19.3. The molecule has 1 unspecified atom stereocenters. The number of carboxylic acid groups (broad SMARTS) is 1. The first-order chi connectivity index (χ1) is 16.3. The number of alkyl carbamates (subject to hydrolysis) is 1. The molecule has 0 radical (unpaired) electrons. The van der Waals surface area contributed by atoms with Crippen molar-refractivity contribution in [2.24, 2.45) is 5.92 Å². The number of fused-ring (bicyclic) bond motifs is 3. The van der Waals surface area contributed by atoms with Gasteiger partial charge in [-0.2, -0.15) is 0 Å². The molecule has 0 aromatic heterocycles. The highest BCUT2D eigenvalue weighted by Gasteiger charge is 2.39. The minimum absolute atomic E-state index is 0.00717. The average molecular weight is 467 g/mol. The van der Waals surface area contributed by atoms with Gasteiger partial charge in [-0.1, -0.05) is 62.4 Å². The van der Waals surface area contributed by atoms with E-state index in [1.165, 1.54) is 4.90 Å². The number of likely N-dealkylation sites (tertiary alicyclic amines) is 1. The molecule has 2 aromatic rings. The number of aliphatic hydroxyl groups excluding tert-OH is 1. The average Bonchev–Trinajstić information content (AvgIpc) is 3.35. The molecule has 2 amide bonds. The molecule has 3 N–H and O–H groups in total. The number of β-amino-alcohol motifs (C(OH)–C–C–N with tert-alkyl or cyclic N) is 1. The maximum Gasteiger partial charge on any atom is 0.407 e. The van der Waals surface area contributed by atoms with Crippen molar-refractivity contribution >= 4 is 18.0 Å². The molecule has 1 heterocycles. The van der Waals surface area contributed by atoms with Crippen LogP contribution in [-0.4, -0.2) is 64.4 Å². The first-order valence-electron chi connectivity index (χ1n) is 11.6. The van der Waals surface area contributed by atoms with E-state index in [0.29, 0.717) is 0 Å². The van der Waals surface area contributed by atoms with E-state index in [2.05, 4.69) is 17.4 Å². The summed E-state index contributed by atoms with van der Waals surface area (Å²) in [4.78, 5) is 38.1. The molecule has 180 valence electrons. The summed E-state index contributed by atoms with van der Waals surface area (Å²) < 4.78 is 5.59. The third-order valence-corrected chi connectivity index (χ3v) is 6.73. The van der Waals surface area contributed by atoms with Gasteiger partial charge in [0.05, 0.1) is 6.10 Å². The standard InChI is InChI=1S/C26H30N2O6/c1-15(2)22(12-24(30)28-13-16(29)11-23(28)25(31)32)27-26(33)34-14-21-19-9-5-3-7-17(19)18-8-4-6-10-20(18)21/h3-10,15-16,21-23,29H,11-14H2,1-2H3,(H,27,33)(H,31,32)/t16-,22?,23+/m1/s1. The predicted octanol–water partition coefficient (Wildman–Crippen LogP) is 2.99. The number of carbonyl (C=O) groups is 3. The fourth-order valence-electron chi connectivity index (χ4n) is 4.87. The molecule has 0 bridgehead atoms. The molecule has 1 aliphatic heterocycles. The highest BCUT2D eigenvalue weighted by molar-refractivity contribution is 5.85. The Labute approximate surface area is 198 Å². The van der Waals surface area contributed by atoms with E-state index in [0.717, 1.165) is 22.3 Å². The van der Waals surface area contributed by atoms with Crippen LogP contribution in [0.2, 0.25) is 0 Å². The van der Waals surface area contributed by atoms with Crippen molar-refractivity contribution in [1.29, 1.82) is 0 Å². The quantitative estimate of drug-likeness (QED) is 0.578. The number of aliphatic hydroxyl groups is 1. The van der Waals surface area contributed by atoms with Crippen molar-refractivity contribution in [3.05, 3.63) is 59.7 Å². The van der Waals surface area contributed by atoms with Gasteiger partial charge in [-0.3, -0.25) is 4.79 Å². The fourth-order valence-corrected chi connectivity index (χ4v) is 4.87. The van der Waals surface area contributed by atoms with Gasteiger partial charge in [-0.25, -0.2) is 9.59 Å². The number of carboxylic acids is 1. The smallest absolute Gasteiger partial charge is 0.407 e. The summed E-state index contributed by atoms with van der Waals surface area (Å²) in [5, 5.41) is 22.0. The third kappa shape index (κ3) is 4.77. The summed E-state index contributed by atoms with van der Waals surface area (Å²) in [5.74, 6) is -1.71. The summed E-state index contributed by atoms with van der Waals surface area (Å²) in [5.41, 5.74) is 4.50. The third-order valence-electron chi connectivity index (χ3n) is 6.73. The van der Waals surface area contributed by atoms with Crippen molar-refractivity contribution in [2.75, 3.05) is 13.2 Å². The summed E-state index contributed by atoms with van der Waals surface area (Å²) in [7, 11) is 0. The van der Waals surface area contributed by atoms with Gasteiger partial charge in [0.15, 0.2) is 0 Å². The second-order valence-electron chi connectivity index (χ2n) is 9.31. The highest BCUT2D eigenvalue weighted by atomic mass is 16.5. The van der Waals surface area contributed by atoms with Crippen LogP contribution in [0.15, 0.2) is 48.5 Å². The Morgan fingerprint density at radius 1 is 1.06 bits per heavy atom. The first-order valence-corrected chi connectivity index (χ1v) is 11.6. The Morgan fingerprint density at radius 3 is 2.21 bits per heavy atom. The van der Waals surface area contributed by atoms with Crippen LogP contribution >= 0.6 is 0 Å². The Bertz CT molecular complexity index is 1040. The molecule has 1 aliphatic carbocycles. The number of hydrogen-bond donors (Lipinski definition) is 3. The minimum Gasteiger partial charge on any atom is -0.480 e. The lowest BCUT2D eigenvalue weighted by Gasteiger charge is -2.27. The van der Waals surface area contributed by atoms with Crippen LogP contribution in [0.3, 0.4) is 0 Å². The lowest BCUT2D eigenvalue weighted by atomic mass is 9.98. The molecule has 34 heavy (non-hydrogen) atoms. The molecule has 1 fully saturated rings. The van der Waals surface area contributed by atoms with Crippen molar-refractivity contribution in [1.82, 2.24) is 10.2 Å². The Morgan fingerprint density at radius 2 is 1.65 bits per heavy atom. The van der Waals surface area contributed by atoms with Gasteiger partial charge < -0.3 is 25.2 Å². The summed E-state index contributed by atoms with van der Waals surface area (Å²) in [6, 6.07) is 14.5. The molecule has 4 rings (SSSR count). The van der Waals surface area contributed by atoms with Gasteiger partial charge in [0.2, 0.25) is 5.91 Å². The monoisotopic (exact) mass is 466 g/mol. The van der Waals surface area contributed by atoms with E-state index < -0.39 is 36.2 Å². The normalized spacial score (nSPS) is 20.1. The number of rotatable bonds is 7. The maximum atomic E-state index is 12.8. The van der Waals surface area contributed by atoms with Crippen LogP contribution in [0.5, 0.6) is 0 Å². The lowest BCUT2D eigenvalue weighted by Crippen LogP contribution is -2.46. The van der Waals surface area contributed by atoms with Crippen LogP contribution in [0, 0.1) is 5.92 Å². The largest absolute Gasteiger partial charge is 0.480 e. The number of ether oxygens (including phenoxy) is 1.